The Balaban J connectivity index is 2.48. The second kappa shape index (κ2) is 6.04. The molecule has 0 unspecified atom stereocenters. The first-order chi connectivity index (χ1) is 9.92. The van der Waals surface area contributed by atoms with Crippen LogP contribution in [0, 0.1) is 0 Å². The standard InChI is InChI=1S/C13H12BrN3O4/c1-16-4-3-11(18)17(13(16)20)7-9-5-8(14)6-10(15-9)12(19)21-2/h3-6H,7H2,1-2H3. The van der Waals surface area contributed by atoms with Crippen molar-refractivity contribution < 1.29 is 9.53 Å². The van der Waals surface area contributed by atoms with Crippen LogP contribution in [-0.4, -0.2) is 27.2 Å². The maximum atomic E-state index is 11.9. The monoisotopic (exact) mass is 353 g/mol. The Morgan fingerprint density at radius 3 is 2.76 bits per heavy atom. The molecule has 0 saturated carbocycles. The summed E-state index contributed by atoms with van der Waals surface area (Å²) in [6.45, 7) is -0.0320. The number of aromatic nitrogens is 3. The number of ether oxygens (including phenoxy) is 1. The molecule has 0 radical (unpaired) electrons. The number of carbonyl (C=O) groups excluding carboxylic acids is 1. The number of hydrogen-bond donors (Lipinski definition) is 0. The molecule has 2 heterocycles. The van der Waals surface area contributed by atoms with E-state index in [2.05, 4.69) is 25.7 Å². The first-order valence-corrected chi connectivity index (χ1v) is 6.73. The molecular formula is C13H12BrN3O4. The lowest BCUT2D eigenvalue weighted by Gasteiger charge is -2.08. The van der Waals surface area contributed by atoms with E-state index >= 15 is 0 Å². The van der Waals surface area contributed by atoms with Crippen molar-refractivity contribution in [3.8, 4) is 0 Å². The van der Waals surface area contributed by atoms with Gasteiger partial charge in [-0.1, -0.05) is 15.9 Å². The van der Waals surface area contributed by atoms with E-state index in [1.165, 1.54) is 30.0 Å². The van der Waals surface area contributed by atoms with Crippen LogP contribution in [0.15, 0.2) is 38.5 Å². The third kappa shape index (κ3) is 3.27. The minimum atomic E-state index is -0.592. The predicted molar refractivity (Wildman–Crippen MR) is 78.3 cm³/mol. The van der Waals surface area contributed by atoms with Crippen molar-refractivity contribution >= 4 is 21.9 Å². The number of halogens is 1. The summed E-state index contributed by atoms with van der Waals surface area (Å²) in [5.74, 6) is -0.592. The van der Waals surface area contributed by atoms with Gasteiger partial charge in [0.25, 0.3) is 5.56 Å². The zero-order valence-electron chi connectivity index (χ0n) is 11.4. The Bertz CT molecular complexity index is 810. The Labute approximate surface area is 127 Å². The normalized spacial score (nSPS) is 10.4. The number of carbonyl (C=O) groups is 1. The summed E-state index contributed by atoms with van der Waals surface area (Å²) >= 11 is 3.26. The van der Waals surface area contributed by atoms with Gasteiger partial charge in [-0.3, -0.25) is 9.36 Å². The van der Waals surface area contributed by atoms with E-state index in [-0.39, 0.29) is 12.2 Å². The van der Waals surface area contributed by atoms with Crippen LogP contribution in [0.5, 0.6) is 0 Å². The number of methoxy groups -OCH3 is 1. The van der Waals surface area contributed by atoms with E-state index < -0.39 is 17.2 Å². The Hall–Kier alpha value is -2.22. The maximum Gasteiger partial charge on any atom is 0.356 e. The first-order valence-electron chi connectivity index (χ1n) is 5.93. The molecule has 2 rings (SSSR count). The molecule has 2 aromatic heterocycles. The third-order valence-corrected chi connectivity index (χ3v) is 3.26. The molecular weight excluding hydrogens is 342 g/mol. The summed E-state index contributed by atoms with van der Waals surface area (Å²) in [4.78, 5) is 39.3. The third-order valence-electron chi connectivity index (χ3n) is 2.80. The van der Waals surface area contributed by atoms with Crippen LogP contribution >= 0.6 is 15.9 Å². The summed E-state index contributed by atoms with van der Waals surface area (Å²) in [7, 11) is 2.80. The molecule has 0 aliphatic rings. The average Bonchev–Trinajstić information content (AvgIpc) is 2.46. The summed E-state index contributed by atoms with van der Waals surface area (Å²) in [6, 6.07) is 4.42. The molecule has 0 bridgehead atoms. The molecule has 0 aliphatic carbocycles. The lowest BCUT2D eigenvalue weighted by molar-refractivity contribution is 0.0593. The van der Waals surface area contributed by atoms with E-state index in [4.69, 9.17) is 0 Å². The maximum absolute atomic E-state index is 11.9. The SMILES string of the molecule is COC(=O)c1cc(Br)cc(Cn2c(=O)ccn(C)c2=O)n1. The summed E-state index contributed by atoms with van der Waals surface area (Å²) in [5.41, 5.74) is -0.388. The van der Waals surface area contributed by atoms with Gasteiger partial charge < -0.3 is 9.30 Å². The Kier molecular flexibility index (Phi) is 4.37. The Morgan fingerprint density at radius 2 is 2.10 bits per heavy atom. The van der Waals surface area contributed by atoms with Crippen molar-refractivity contribution in [2.45, 2.75) is 6.54 Å². The van der Waals surface area contributed by atoms with Crippen molar-refractivity contribution in [3.05, 3.63) is 61.1 Å². The number of esters is 1. The van der Waals surface area contributed by atoms with Gasteiger partial charge in [-0.15, -0.1) is 0 Å². The predicted octanol–water partition coefficient (Wildman–Crippen LogP) is 0.539. The van der Waals surface area contributed by atoms with Crippen molar-refractivity contribution in [3.63, 3.8) is 0 Å². The highest BCUT2D eigenvalue weighted by molar-refractivity contribution is 9.10. The molecule has 21 heavy (non-hydrogen) atoms. The van der Waals surface area contributed by atoms with E-state index in [0.29, 0.717) is 10.2 Å². The molecule has 110 valence electrons. The molecule has 0 amide bonds. The van der Waals surface area contributed by atoms with Crippen LogP contribution in [0.1, 0.15) is 16.2 Å². The summed E-state index contributed by atoms with van der Waals surface area (Å²) < 4.78 is 7.54. The fraction of sp³-hybridized carbons (Fsp3) is 0.231. The number of rotatable bonds is 3. The van der Waals surface area contributed by atoms with E-state index in [1.807, 2.05) is 0 Å². The zero-order chi connectivity index (χ0) is 15.6. The lowest BCUT2D eigenvalue weighted by atomic mass is 10.3. The second-order valence-electron chi connectivity index (χ2n) is 4.29. The highest BCUT2D eigenvalue weighted by Crippen LogP contribution is 2.14. The molecule has 0 atom stereocenters. The molecule has 0 N–H and O–H groups in total. The average molecular weight is 354 g/mol. The van der Waals surface area contributed by atoms with Gasteiger partial charge in [-0.25, -0.2) is 14.6 Å². The topological polar surface area (TPSA) is 83.2 Å². The van der Waals surface area contributed by atoms with Crippen molar-refractivity contribution in [1.29, 1.82) is 0 Å². The quantitative estimate of drug-likeness (QED) is 0.752. The molecule has 0 fully saturated rings. The number of hydrogen-bond acceptors (Lipinski definition) is 5. The van der Waals surface area contributed by atoms with Crippen LogP contribution in [0.4, 0.5) is 0 Å². The largest absolute Gasteiger partial charge is 0.464 e. The number of nitrogens with zero attached hydrogens (tertiary/aromatic N) is 3. The first kappa shape index (κ1) is 15.2. The molecule has 0 aliphatic heterocycles. The minimum Gasteiger partial charge on any atom is -0.464 e. The molecule has 0 aromatic carbocycles. The second-order valence-corrected chi connectivity index (χ2v) is 5.20. The van der Waals surface area contributed by atoms with Gasteiger partial charge in [0.15, 0.2) is 0 Å². The van der Waals surface area contributed by atoms with Crippen molar-refractivity contribution in [1.82, 2.24) is 14.1 Å². The van der Waals surface area contributed by atoms with Crippen LogP contribution in [0.2, 0.25) is 0 Å². The van der Waals surface area contributed by atoms with Gasteiger partial charge in [-0.05, 0) is 12.1 Å². The van der Waals surface area contributed by atoms with Gasteiger partial charge in [0.05, 0.1) is 19.3 Å². The highest BCUT2D eigenvalue weighted by Gasteiger charge is 2.12. The summed E-state index contributed by atoms with van der Waals surface area (Å²) in [5, 5.41) is 0. The molecule has 7 nitrogen and oxygen atoms in total. The Morgan fingerprint density at radius 1 is 1.38 bits per heavy atom. The zero-order valence-corrected chi connectivity index (χ0v) is 13.0. The van der Waals surface area contributed by atoms with Gasteiger partial charge in [0, 0.05) is 23.8 Å². The van der Waals surface area contributed by atoms with Crippen molar-refractivity contribution in [2.24, 2.45) is 7.05 Å². The van der Waals surface area contributed by atoms with Crippen LogP contribution < -0.4 is 11.2 Å². The van der Waals surface area contributed by atoms with Gasteiger partial charge >= 0.3 is 11.7 Å². The number of pyridine rings is 1. The van der Waals surface area contributed by atoms with Gasteiger partial charge in [0.2, 0.25) is 0 Å². The van der Waals surface area contributed by atoms with Gasteiger partial charge in [-0.2, -0.15) is 0 Å². The smallest absolute Gasteiger partial charge is 0.356 e. The lowest BCUT2D eigenvalue weighted by Crippen LogP contribution is -2.38. The molecule has 0 saturated heterocycles. The molecule has 8 heteroatoms. The van der Waals surface area contributed by atoms with Crippen LogP contribution in [0.3, 0.4) is 0 Å². The van der Waals surface area contributed by atoms with E-state index in [0.717, 1.165) is 4.57 Å². The fourth-order valence-corrected chi connectivity index (χ4v) is 2.24. The molecule has 0 spiro atoms. The minimum absolute atomic E-state index is 0.0320. The highest BCUT2D eigenvalue weighted by atomic mass is 79.9. The summed E-state index contributed by atoms with van der Waals surface area (Å²) in [6.07, 6.45) is 1.40. The van der Waals surface area contributed by atoms with Crippen LogP contribution in [-0.2, 0) is 18.3 Å². The number of aryl methyl sites for hydroxylation is 1. The molecule has 2 aromatic rings. The van der Waals surface area contributed by atoms with E-state index in [9.17, 15) is 14.4 Å². The van der Waals surface area contributed by atoms with E-state index in [1.54, 1.807) is 13.1 Å². The van der Waals surface area contributed by atoms with Crippen LogP contribution in [0.25, 0.3) is 0 Å². The van der Waals surface area contributed by atoms with Gasteiger partial charge in [0.1, 0.15) is 5.69 Å². The van der Waals surface area contributed by atoms with Crippen molar-refractivity contribution in [2.75, 3.05) is 7.11 Å². The fourth-order valence-electron chi connectivity index (χ4n) is 1.76.